The van der Waals surface area contributed by atoms with Crippen molar-refractivity contribution in [1.82, 2.24) is 10.4 Å². The van der Waals surface area contributed by atoms with Gasteiger partial charge in [-0.2, -0.15) is 0 Å². The summed E-state index contributed by atoms with van der Waals surface area (Å²) in [5, 5.41) is 16.0. The van der Waals surface area contributed by atoms with Crippen LogP contribution in [0.15, 0.2) is 0 Å². The summed E-state index contributed by atoms with van der Waals surface area (Å²) >= 11 is 0. The summed E-state index contributed by atoms with van der Waals surface area (Å²) in [6.07, 6.45) is 1.73. The lowest BCUT2D eigenvalue weighted by Gasteiger charge is -2.37. The highest BCUT2D eigenvalue weighted by atomic mass is 16.5. The van der Waals surface area contributed by atoms with E-state index in [9.17, 15) is 4.79 Å². The van der Waals surface area contributed by atoms with Crippen molar-refractivity contribution in [3.63, 3.8) is 0 Å². The first-order valence-corrected chi connectivity index (χ1v) is 4.82. The first-order chi connectivity index (χ1) is 6.56. The fourth-order valence-electron chi connectivity index (χ4n) is 1.87. The molecule has 1 saturated heterocycles. The van der Waals surface area contributed by atoms with E-state index in [2.05, 4.69) is 0 Å². The molecule has 0 saturated carbocycles. The lowest BCUT2D eigenvalue weighted by molar-refractivity contribution is -0.132. The molecule has 1 aliphatic heterocycles. The lowest BCUT2D eigenvalue weighted by Crippen LogP contribution is -2.48. The molecule has 1 amide bonds. The van der Waals surface area contributed by atoms with Crippen molar-refractivity contribution in [2.75, 3.05) is 6.54 Å². The van der Waals surface area contributed by atoms with E-state index < -0.39 is 0 Å². The number of carbonyl (C=O) groups is 1. The lowest BCUT2D eigenvalue weighted by atomic mass is 9.92. The van der Waals surface area contributed by atoms with E-state index in [1.54, 1.807) is 4.90 Å². The van der Waals surface area contributed by atoms with Crippen LogP contribution < -0.4 is 5.48 Å². The van der Waals surface area contributed by atoms with Gasteiger partial charge in [-0.1, -0.05) is 0 Å². The van der Waals surface area contributed by atoms with Crippen molar-refractivity contribution in [3.8, 4) is 0 Å². The van der Waals surface area contributed by atoms with Gasteiger partial charge in [-0.15, -0.1) is 0 Å². The maximum absolute atomic E-state index is 11.2. The molecule has 3 N–H and O–H groups in total. The van der Waals surface area contributed by atoms with Gasteiger partial charge in [0.05, 0.1) is 0 Å². The van der Waals surface area contributed by atoms with Gasteiger partial charge in [-0.05, 0) is 19.8 Å². The van der Waals surface area contributed by atoms with Gasteiger partial charge in [0, 0.05) is 25.4 Å². The van der Waals surface area contributed by atoms with Crippen LogP contribution in [0.5, 0.6) is 0 Å². The fourth-order valence-corrected chi connectivity index (χ4v) is 1.87. The summed E-state index contributed by atoms with van der Waals surface area (Å²) in [5.74, 6) is 0.0798. The number of hydrogen-bond donors (Lipinski definition) is 3. The van der Waals surface area contributed by atoms with Gasteiger partial charge in [0.1, 0.15) is 5.84 Å². The third-order valence-electron chi connectivity index (χ3n) is 2.82. The molecule has 0 radical (unpaired) electrons. The number of nitrogens with zero attached hydrogens (tertiary/aromatic N) is 1. The number of carbonyl (C=O) groups excluding carboxylic acids is 1. The summed E-state index contributed by atoms with van der Waals surface area (Å²) in [6, 6.07) is 0.246. The van der Waals surface area contributed by atoms with Crippen LogP contribution in [0, 0.1) is 11.3 Å². The van der Waals surface area contributed by atoms with Gasteiger partial charge in [0.2, 0.25) is 5.91 Å². The van der Waals surface area contributed by atoms with Crippen LogP contribution >= 0.6 is 0 Å². The molecule has 80 valence electrons. The van der Waals surface area contributed by atoms with Crippen molar-refractivity contribution in [2.45, 2.75) is 32.7 Å². The molecule has 0 aliphatic carbocycles. The third-order valence-corrected chi connectivity index (χ3v) is 2.82. The number of amidine groups is 1. The monoisotopic (exact) mass is 199 g/mol. The Bertz CT molecular complexity index is 242. The number of likely N-dealkylation sites (tertiary alicyclic amines) is 1. The molecule has 1 fully saturated rings. The minimum Gasteiger partial charge on any atom is -0.340 e. The predicted molar refractivity (Wildman–Crippen MR) is 52.2 cm³/mol. The van der Waals surface area contributed by atoms with Crippen LogP contribution in [0.25, 0.3) is 0 Å². The Labute approximate surface area is 83.6 Å². The molecule has 1 rings (SSSR count). The summed E-state index contributed by atoms with van der Waals surface area (Å²) in [4.78, 5) is 13.0. The van der Waals surface area contributed by atoms with Gasteiger partial charge < -0.3 is 4.90 Å². The Hall–Kier alpha value is -1.10. The van der Waals surface area contributed by atoms with E-state index in [1.165, 1.54) is 6.92 Å². The smallest absolute Gasteiger partial charge is 0.219 e. The quantitative estimate of drug-likeness (QED) is 0.328. The van der Waals surface area contributed by atoms with Gasteiger partial charge in [-0.25, -0.2) is 0 Å². The van der Waals surface area contributed by atoms with Gasteiger partial charge in [-0.3, -0.25) is 20.9 Å². The minimum absolute atomic E-state index is 0.0351. The Kier molecular flexibility index (Phi) is 3.46. The first-order valence-electron chi connectivity index (χ1n) is 4.82. The van der Waals surface area contributed by atoms with Gasteiger partial charge in [0.15, 0.2) is 0 Å². The molecule has 1 heterocycles. The Balaban J connectivity index is 2.62. The fraction of sp³-hybridized carbons (Fsp3) is 0.778. The summed E-state index contributed by atoms with van der Waals surface area (Å²) in [5.41, 5.74) is 1.85. The van der Waals surface area contributed by atoms with Gasteiger partial charge >= 0.3 is 0 Å². The van der Waals surface area contributed by atoms with Crippen LogP contribution in [0.2, 0.25) is 0 Å². The van der Waals surface area contributed by atoms with E-state index >= 15 is 0 Å². The Morgan fingerprint density at radius 1 is 1.57 bits per heavy atom. The maximum atomic E-state index is 11.2. The second-order valence-electron chi connectivity index (χ2n) is 3.82. The molecule has 5 nitrogen and oxygen atoms in total. The molecule has 0 aromatic carbocycles. The number of rotatable bonds is 1. The molecule has 0 spiro atoms. The highest BCUT2D eigenvalue weighted by Gasteiger charge is 2.29. The molecule has 0 bridgehead atoms. The normalized spacial score (nSPS) is 27.2. The second kappa shape index (κ2) is 4.41. The number of hydrogen-bond acceptors (Lipinski definition) is 3. The molecule has 5 heteroatoms. The third kappa shape index (κ3) is 2.23. The zero-order chi connectivity index (χ0) is 10.7. The summed E-state index contributed by atoms with van der Waals surface area (Å²) in [6.45, 7) is 4.07. The van der Waals surface area contributed by atoms with Crippen LogP contribution in [0.3, 0.4) is 0 Å². The zero-order valence-corrected chi connectivity index (χ0v) is 8.58. The Morgan fingerprint density at radius 3 is 2.71 bits per heavy atom. The standard InChI is InChI=1S/C9H17N3O2/c1-6-3-4-8(9(10)11-14)5-12(6)7(2)13/h6,8,14H,3-5H2,1-2H3,(H2,10,11). The van der Waals surface area contributed by atoms with Crippen LogP contribution in [-0.4, -0.2) is 34.4 Å². The van der Waals surface area contributed by atoms with Gasteiger partial charge in [0.25, 0.3) is 0 Å². The molecule has 0 aromatic heterocycles. The SMILES string of the molecule is CC(=O)N1CC(C(=N)NO)CCC1C. The molecule has 1 aliphatic rings. The summed E-state index contributed by atoms with van der Waals surface area (Å²) in [7, 11) is 0. The summed E-state index contributed by atoms with van der Waals surface area (Å²) < 4.78 is 0. The van der Waals surface area contributed by atoms with Crippen LogP contribution in [0.4, 0.5) is 0 Å². The van der Waals surface area contributed by atoms with Crippen LogP contribution in [0.1, 0.15) is 26.7 Å². The molecule has 0 aromatic rings. The largest absolute Gasteiger partial charge is 0.340 e. The number of piperidine rings is 1. The molecule has 2 atom stereocenters. The highest BCUT2D eigenvalue weighted by Crippen LogP contribution is 2.21. The number of amides is 1. The maximum Gasteiger partial charge on any atom is 0.219 e. The van der Waals surface area contributed by atoms with Crippen LogP contribution in [-0.2, 0) is 4.79 Å². The van der Waals surface area contributed by atoms with E-state index in [0.29, 0.717) is 6.54 Å². The molecule has 2 unspecified atom stereocenters. The minimum atomic E-state index is -0.0555. The first kappa shape index (κ1) is 11.0. The zero-order valence-electron chi connectivity index (χ0n) is 8.58. The van der Waals surface area contributed by atoms with Crippen molar-refractivity contribution in [2.24, 2.45) is 5.92 Å². The number of nitrogens with one attached hydrogen (secondary N) is 2. The molecular formula is C9H17N3O2. The van der Waals surface area contributed by atoms with Crippen molar-refractivity contribution < 1.29 is 10.0 Å². The van der Waals surface area contributed by atoms with Crippen molar-refractivity contribution in [3.05, 3.63) is 0 Å². The topological polar surface area (TPSA) is 76.4 Å². The van der Waals surface area contributed by atoms with Crippen molar-refractivity contribution in [1.29, 1.82) is 5.41 Å². The van der Waals surface area contributed by atoms with E-state index in [1.807, 2.05) is 12.4 Å². The van der Waals surface area contributed by atoms with E-state index in [0.717, 1.165) is 12.8 Å². The molecule has 14 heavy (non-hydrogen) atoms. The Morgan fingerprint density at radius 2 is 2.21 bits per heavy atom. The van der Waals surface area contributed by atoms with E-state index in [4.69, 9.17) is 10.6 Å². The average Bonchev–Trinajstić information content (AvgIpc) is 2.17. The van der Waals surface area contributed by atoms with Crippen molar-refractivity contribution >= 4 is 11.7 Å². The number of hydroxylamine groups is 1. The predicted octanol–water partition coefficient (Wildman–Crippen LogP) is 0.589. The second-order valence-corrected chi connectivity index (χ2v) is 3.82. The van der Waals surface area contributed by atoms with E-state index in [-0.39, 0.29) is 23.7 Å². The molecular weight excluding hydrogens is 182 g/mol. The highest BCUT2D eigenvalue weighted by molar-refractivity contribution is 5.82. The average molecular weight is 199 g/mol.